The predicted molar refractivity (Wildman–Crippen MR) is 77.1 cm³/mol. The maximum atomic E-state index is 12.3. The number of nitrogens with zero attached hydrogens (tertiary/aromatic N) is 2. The number of ether oxygens (including phenoxy) is 1. The topological polar surface area (TPSA) is 70.4 Å². The zero-order valence-electron chi connectivity index (χ0n) is 11.6. The van der Waals surface area contributed by atoms with Crippen LogP contribution in [0.3, 0.4) is 0 Å². The molecule has 1 aromatic carbocycles. The van der Waals surface area contributed by atoms with Gasteiger partial charge in [-0.3, -0.25) is 0 Å². The Hall–Kier alpha value is -1.13. The summed E-state index contributed by atoms with van der Waals surface area (Å²) in [5.74, 6) is 0. The standard InChI is InChI=1S/C13H17ClN2O3S/c1-10(2)19-7-6-16(3)20(17,18)13-5-4-11(9-15)8-12(13)14/h4-5,8,10H,6-7H2,1-3H3. The van der Waals surface area contributed by atoms with Crippen LogP contribution < -0.4 is 0 Å². The van der Waals surface area contributed by atoms with Gasteiger partial charge < -0.3 is 4.74 Å². The van der Waals surface area contributed by atoms with E-state index in [2.05, 4.69) is 0 Å². The Kier molecular flexibility index (Phi) is 5.96. The first kappa shape index (κ1) is 16.9. The van der Waals surface area contributed by atoms with Crippen LogP contribution in [0.2, 0.25) is 5.02 Å². The van der Waals surface area contributed by atoms with Crippen LogP contribution in [0, 0.1) is 11.3 Å². The summed E-state index contributed by atoms with van der Waals surface area (Å²) in [4.78, 5) is -0.00906. The summed E-state index contributed by atoms with van der Waals surface area (Å²) < 4.78 is 31.2. The van der Waals surface area contributed by atoms with Crippen molar-refractivity contribution in [2.75, 3.05) is 20.2 Å². The lowest BCUT2D eigenvalue weighted by molar-refractivity contribution is 0.0737. The molecule has 0 aliphatic carbocycles. The maximum absolute atomic E-state index is 12.3. The molecule has 0 spiro atoms. The van der Waals surface area contributed by atoms with Gasteiger partial charge in [-0.2, -0.15) is 9.57 Å². The van der Waals surface area contributed by atoms with E-state index in [1.54, 1.807) is 0 Å². The molecule has 0 heterocycles. The van der Waals surface area contributed by atoms with Gasteiger partial charge in [0.2, 0.25) is 10.0 Å². The lowest BCUT2D eigenvalue weighted by Gasteiger charge is -2.18. The highest BCUT2D eigenvalue weighted by Gasteiger charge is 2.23. The maximum Gasteiger partial charge on any atom is 0.244 e. The molecule has 0 radical (unpaired) electrons. The molecular weight excluding hydrogens is 300 g/mol. The first-order valence-electron chi connectivity index (χ1n) is 6.06. The van der Waals surface area contributed by atoms with Crippen LogP contribution in [0.4, 0.5) is 0 Å². The summed E-state index contributed by atoms with van der Waals surface area (Å²) in [6, 6.07) is 6.02. The summed E-state index contributed by atoms with van der Waals surface area (Å²) >= 11 is 5.93. The van der Waals surface area contributed by atoms with Crippen molar-refractivity contribution < 1.29 is 13.2 Å². The van der Waals surface area contributed by atoms with E-state index in [4.69, 9.17) is 21.6 Å². The van der Waals surface area contributed by atoms with E-state index in [1.165, 1.54) is 29.6 Å². The molecule has 0 saturated carbocycles. The number of benzene rings is 1. The Morgan fingerprint density at radius 3 is 2.60 bits per heavy atom. The van der Waals surface area contributed by atoms with E-state index in [0.717, 1.165) is 0 Å². The molecule has 0 aliphatic rings. The van der Waals surface area contributed by atoms with E-state index < -0.39 is 10.0 Å². The van der Waals surface area contributed by atoms with Crippen LogP contribution in [-0.4, -0.2) is 39.0 Å². The third-order valence-corrected chi connectivity index (χ3v) is 4.95. The van der Waals surface area contributed by atoms with Crippen LogP contribution in [0.1, 0.15) is 19.4 Å². The van der Waals surface area contributed by atoms with Crippen LogP contribution in [-0.2, 0) is 14.8 Å². The average molecular weight is 317 g/mol. The van der Waals surface area contributed by atoms with Crippen molar-refractivity contribution in [3.63, 3.8) is 0 Å². The van der Waals surface area contributed by atoms with Gasteiger partial charge in [-0.15, -0.1) is 0 Å². The Morgan fingerprint density at radius 1 is 1.45 bits per heavy atom. The minimum atomic E-state index is -3.68. The number of hydrogen-bond acceptors (Lipinski definition) is 4. The van der Waals surface area contributed by atoms with Gasteiger partial charge in [-0.25, -0.2) is 8.42 Å². The monoisotopic (exact) mass is 316 g/mol. The van der Waals surface area contributed by atoms with Crippen molar-refractivity contribution in [3.05, 3.63) is 28.8 Å². The number of rotatable bonds is 6. The molecule has 0 amide bonds. The van der Waals surface area contributed by atoms with Gasteiger partial charge in [0.05, 0.1) is 29.4 Å². The van der Waals surface area contributed by atoms with Crippen molar-refractivity contribution in [2.24, 2.45) is 0 Å². The smallest absolute Gasteiger partial charge is 0.244 e. The summed E-state index contributed by atoms with van der Waals surface area (Å²) in [5, 5.41) is 8.79. The number of sulfonamides is 1. The van der Waals surface area contributed by atoms with Gasteiger partial charge in [0.25, 0.3) is 0 Å². The molecule has 0 aliphatic heterocycles. The third-order valence-electron chi connectivity index (χ3n) is 2.61. The van der Waals surface area contributed by atoms with Crippen LogP contribution in [0.25, 0.3) is 0 Å². The van der Waals surface area contributed by atoms with Gasteiger partial charge in [0.15, 0.2) is 0 Å². The highest BCUT2D eigenvalue weighted by molar-refractivity contribution is 7.89. The summed E-state index contributed by atoms with van der Waals surface area (Å²) in [6.45, 7) is 4.30. The third kappa shape index (κ3) is 4.18. The molecule has 0 saturated heterocycles. The van der Waals surface area contributed by atoms with E-state index in [1.807, 2.05) is 19.9 Å². The molecule has 0 N–H and O–H groups in total. The fourth-order valence-corrected chi connectivity index (χ4v) is 3.15. The van der Waals surface area contributed by atoms with Gasteiger partial charge in [0.1, 0.15) is 4.90 Å². The number of halogens is 1. The molecule has 1 rings (SSSR count). The summed E-state index contributed by atoms with van der Waals surface area (Å²) in [5.41, 5.74) is 0.319. The predicted octanol–water partition coefficient (Wildman–Crippen LogP) is 2.26. The fourth-order valence-electron chi connectivity index (χ4n) is 1.48. The second-order valence-electron chi connectivity index (χ2n) is 4.50. The summed E-state index contributed by atoms with van der Waals surface area (Å²) in [6.07, 6.45) is 0.0459. The lowest BCUT2D eigenvalue weighted by atomic mass is 10.2. The minimum Gasteiger partial charge on any atom is -0.377 e. The molecule has 20 heavy (non-hydrogen) atoms. The number of nitriles is 1. The number of likely N-dealkylation sites (N-methyl/N-ethyl adjacent to an activating group) is 1. The first-order chi connectivity index (χ1) is 9.28. The first-order valence-corrected chi connectivity index (χ1v) is 7.88. The van der Waals surface area contributed by atoms with Crippen molar-refractivity contribution in [2.45, 2.75) is 24.8 Å². The summed E-state index contributed by atoms with van der Waals surface area (Å²) in [7, 11) is -2.21. The molecule has 0 aromatic heterocycles. The Morgan fingerprint density at radius 2 is 2.10 bits per heavy atom. The largest absolute Gasteiger partial charge is 0.377 e. The molecule has 0 atom stereocenters. The normalized spacial score (nSPS) is 11.8. The van der Waals surface area contributed by atoms with E-state index in [9.17, 15) is 8.42 Å². The lowest BCUT2D eigenvalue weighted by Crippen LogP contribution is -2.31. The van der Waals surface area contributed by atoms with Gasteiger partial charge in [-0.1, -0.05) is 11.6 Å². The van der Waals surface area contributed by atoms with Gasteiger partial charge in [0, 0.05) is 13.6 Å². The SMILES string of the molecule is CC(C)OCCN(C)S(=O)(=O)c1ccc(C#N)cc1Cl. The van der Waals surface area contributed by atoms with E-state index in [-0.39, 0.29) is 22.6 Å². The van der Waals surface area contributed by atoms with Gasteiger partial charge >= 0.3 is 0 Å². The zero-order valence-corrected chi connectivity index (χ0v) is 13.2. The van der Waals surface area contributed by atoms with Crippen LogP contribution in [0.5, 0.6) is 0 Å². The molecular formula is C13H17ClN2O3S. The van der Waals surface area contributed by atoms with Crippen molar-refractivity contribution in [1.29, 1.82) is 5.26 Å². The molecule has 110 valence electrons. The highest BCUT2D eigenvalue weighted by Crippen LogP contribution is 2.24. The molecule has 7 heteroatoms. The van der Waals surface area contributed by atoms with E-state index in [0.29, 0.717) is 12.2 Å². The Bertz CT molecular complexity index is 609. The van der Waals surface area contributed by atoms with Gasteiger partial charge in [-0.05, 0) is 32.0 Å². The quantitative estimate of drug-likeness (QED) is 0.807. The molecule has 1 aromatic rings. The van der Waals surface area contributed by atoms with E-state index >= 15 is 0 Å². The molecule has 5 nitrogen and oxygen atoms in total. The zero-order chi connectivity index (χ0) is 15.3. The van der Waals surface area contributed by atoms with Crippen molar-refractivity contribution >= 4 is 21.6 Å². The van der Waals surface area contributed by atoms with Crippen LogP contribution >= 0.6 is 11.6 Å². The minimum absolute atomic E-state index is 0.00906. The van der Waals surface area contributed by atoms with Crippen LogP contribution in [0.15, 0.2) is 23.1 Å². The molecule has 0 bridgehead atoms. The van der Waals surface area contributed by atoms with Crippen molar-refractivity contribution in [1.82, 2.24) is 4.31 Å². The Labute approximate surface area is 124 Å². The number of hydrogen-bond donors (Lipinski definition) is 0. The Balaban J connectivity index is 2.91. The highest BCUT2D eigenvalue weighted by atomic mass is 35.5. The molecule has 0 fully saturated rings. The second kappa shape index (κ2) is 7.04. The average Bonchev–Trinajstić information content (AvgIpc) is 2.37. The second-order valence-corrected chi connectivity index (χ2v) is 6.92. The molecule has 0 unspecified atom stereocenters. The van der Waals surface area contributed by atoms with Crippen molar-refractivity contribution in [3.8, 4) is 6.07 Å². The fraction of sp³-hybridized carbons (Fsp3) is 0.462.